The molecule has 34 heavy (non-hydrogen) atoms. The second-order valence-electron chi connectivity index (χ2n) is 8.33. The van der Waals surface area contributed by atoms with Crippen LogP contribution in [-0.2, 0) is 16.0 Å². The first-order chi connectivity index (χ1) is 16.2. The van der Waals surface area contributed by atoms with Crippen molar-refractivity contribution in [2.45, 2.75) is 79.1 Å². The van der Waals surface area contributed by atoms with Gasteiger partial charge in [-0.2, -0.15) is 4.99 Å². The molecule has 0 aliphatic carbocycles. The number of carboxylic acid groups (broad SMARTS) is 1. The SMILES string of the molecule is C/C=C(CCc1ccc(C(=O)NCCCC(=O)O)cc1)\C(C(=O)N=C(N)CCC)=C(\C)CCC. The zero-order chi connectivity index (χ0) is 25.5. The number of amides is 2. The molecule has 0 spiro atoms. The number of nitrogens with zero attached hydrogens (tertiary/aromatic N) is 1. The van der Waals surface area contributed by atoms with Gasteiger partial charge in [-0.1, -0.05) is 44.1 Å². The van der Waals surface area contributed by atoms with E-state index in [1.165, 1.54) is 0 Å². The largest absolute Gasteiger partial charge is 0.481 e. The Balaban J connectivity index is 2.88. The van der Waals surface area contributed by atoms with Gasteiger partial charge in [-0.25, -0.2) is 0 Å². The lowest BCUT2D eigenvalue weighted by Gasteiger charge is -2.14. The number of amidine groups is 1. The number of benzene rings is 1. The number of aliphatic imine (C=N–C) groups is 1. The molecule has 1 aromatic carbocycles. The van der Waals surface area contributed by atoms with E-state index in [9.17, 15) is 14.4 Å². The smallest absolute Gasteiger partial charge is 0.303 e. The highest BCUT2D eigenvalue weighted by atomic mass is 16.4. The summed E-state index contributed by atoms with van der Waals surface area (Å²) in [6.45, 7) is 8.31. The van der Waals surface area contributed by atoms with Crippen LogP contribution in [0.4, 0.5) is 0 Å². The first kappa shape index (κ1) is 28.8. The lowest BCUT2D eigenvalue weighted by atomic mass is 9.92. The van der Waals surface area contributed by atoms with Gasteiger partial charge in [0.05, 0.1) is 0 Å². The van der Waals surface area contributed by atoms with E-state index in [1.54, 1.807) is 12.1 Å². The van der Waals surface area contributed by atoms with E-state index in [0.29, 0.717) is 49.2 Å². The van der Waals surface area contributed by atoms with E-state index in [-0.39, 0.29) is 18.2 Å². The summed E-state index contributed by atoms with van der Waals surface area (Å²) in [6, 6.07) is 7.33. The lowest BCUT2D eigenvalue weighted by Crippen LogP contribution is -2.24. The van der Waals surface area contributed by atoms with Gasteiger partial charge in [-0.05, 0) is 69.2 Å². The van der Waals surface area contributed by atoms with Crippen molar-refractivity contribution in [1.82, 2.24) is 5.32 Å². The zero-order valence-electron chi connectivity index (χ0n) is 20.9. The van der Waals surface area contributed by atoms with Gasteiger partial charge in [-0.15, -0.1) is 0 Å². The number of allylic oxidation sites excluding steroid dienone is 2. The van der Waals surface area contributed by atoms with E-state index >= 15 is 0 Å². The summed E-state index contributed by atoms with van der Waals surface area (Å²) in [5.41, 5.74) is 10.1. The van der Waals surface area contributed by atoms with Crippen LogP contribution < -0.4 is 11.1 Å². The van der Waals surface area contributed by atoms with Crippen molar-refractivity contribution in [3.05, 3.63) is 58.2 Å². The molecule has 0 saturated carbocycles. The Morgan fingerprint density at radius 2 is 1.68 bits per heavy atom. The fourth-order valence-electron chi connectivity index (χ4n) is 3.65. The summed E-state index contributed by atoms with van der Waals surface area (Å²) in [6.07, 6.45) is 6.96. The van der Waals surface area contributed by atoms with Gasteiger partial charge in [-0.3, -0.25) is 14.4 Å². The Labute approximate surface area is 203 Å². The zero-order valence-corrected chi connectivity index (χ0v) is 20.9. The number of nitrogens with two attached hydrogens (primary N) is 1. The molecule has 7 heteroatoms. The molecule has 0 atom stereocenters. The molecule has 0 bridgehead atoms. The number of carbonyl (C=O) groups is 3. The van der Waals surface area contributed by atoms with E-state index < -0.39 is 5.97 Å². The third kappa shape index (κ3) is 10.1. The van der Waals surface area contributed by atoms with Crippen LogP contribution in [0.25, 0.3) is 0 Å². The normalized spacial score (nSPS) is 12.8. The molecule has 0 radical (unpaired) electrons. The summed E-state index contributed by atoms with van der Waals surface area (Å²) >= 11 is 0. The Morgan fingerprint density at radius 1 is 1.03 bits per heavy atom. The van der Waals surface area contributed by atoms with Crippen LogP contribution in [0.3, 0.4) is 0 Å². The number of hydrogen-bond donors (Lipinski definition) is 3. The predicted octanol–water partition coefficient (Wildman–Crippen LogP) is 4.96. The molecule has 1 rings (SSSR count). The van der Waals surface area contributed by atoms with E-state index in [2.05, 4.69) is 17.2 Å². The number of carbonyl (C=O) groups excluding carboxylic acids is 2. The second kappa shape index (κ2) is 15.6. The van der Waals surface area contributed by atoms with Crippen molar-refractivity contribution >= 4 is 23.6 Å². The van der Waals surface area contributed by atoms with Crippen molar-refractivity contribution in [3.8, 4) is 0 Å². The van der Waals surface area contributed by atoms with E-state index in [1.807, 2.05) is 39.0 Å². The Hall–Kier alpha value is -3.22. The fourth-order valence-corrected chi connectivity index (χ4v) is 3.65. The number of carboxylic acids is 1. The number of nitrogens with one attached hydrogen (secondary N) is 1. The molecule has 186 valence electrons. The highest BCUT2D eigenvalue weighted by Crippen LogP contribution is 2.25. The van der Waals surface area contributed by atoms with E-state index in [4.69, 9.17) is 10.8 Å². The topological polar surface area (TPSA) is 122 Å². The molecule has 2 amide bonds. The molecule has 0 unspecified atom stereocenters. The Morgan fingerprint density at radius 3 is 2.24 bits per heavy atom. The molecule has 0 fully saturated rings. The quantitative estimate of drug-likeness (QED) is 0.117. The first-order valence-electron chi connectivity index (χ1n) is 12.0. The standard InChI is InChI=1S/C27H39N3O4/c1-5-9-19(4)25(27(34)30-23(28)10-6-2)21(7-3)15-12-20-13-16-22(17-14-20)26(33)29-18-8-11-24(31)32/h7,13-14,16-17H,5-6,8-12,15,18H2,1-4H3,(H,29,33)(H,31,32)(H2,28,30,34)/b21-7-,25-19+. The minimum Gasteiger partial charge on any atom is -0.481 e. The summed E-state index contributed by atoms with van der Waals surface area (Å²) in [5.74, 6) is -1.01. The maximum Gasteiger partial charge on any atom is 0.303 e. The van der Waals surface area contributed by atoms with Crippen molar-refractivity contribution in [2.75, 3.05) is 6.54 Å². The number of hydrogen-bond acceptors (Lipinski definition) is 3. The van der Waals surface area contributed by atoms with Crippen molar-refractivity contribution < 1.29 is 19.5 Å². The number of aryl methyl sites for hydroxylation is 1. The van der Waals surface area contributed by atoms with Crippen LogP contribution in [0.2, 0.25) is 0 Å². The molecule has 7 nitrogen and oxygen atoms in total. The summed E-state index contributed by atoms with van der Waals surface area (Å²) < 4.78 is 0. The molecule has 0 aromatic heterocycles. The van der Waals surface area contributed by atoms with Gasteiger partial charge in [0.1, 0.15) is 5.84 Å². The summed E-state index contributed by atoms with van der Waals surface area (Å²) in [5, 5.41) is 11.4. The average molecular weight is 470 g/mol. The molecule has 4 N–H and O–H groups in total. The van der Waals surface area contributed by atoms with Gasteiger partial charge < -0.3 is 16.2 Å². The van der Waals surface area contributed by atoms with Gasteiger partial charge in [0.15, 0.2) is 0 Å². The van der Waals surface area contributed by atoms with Crippen LogP contribution in [0.1, 0.15) is 88.6 Å². The van der Waals surface area contributed by atoms with Crippen molar-refractivity contribution in [3.63, 3.8) is 0 Å². The summed E-state index contributed by atoms with van der Waals surface area (Å²) in [4.78, 5) is 39.9. The van der Waals surface area contributed by atoms with Crippen molar-refractivity contribution in [2.24, 2.45) is 10.7 Å². The number of rotatable bonds is 14. The molecule has 0 aliphatic rings. The monoisotopic (exact) mass is 469 g/mol. The van der Waals surface area contributed by atoms with Crippen LogP contribution in [-0.4, -0.2) is 35.3 Å². The van der Waals surface area contributed by atoms with Gasteiger partial charge >= 0.3 is 5.97 Å². The lowest BCUT2D eigenvalue weighted by molar-refractivity contribution is -0.137. The molecule has 0 aliphatic heterocycles. The third-order valence-electron chi connectivity index (χ3n) is 5.44. The first-order valence-corrected chi connectivity index (χ1v) is 12.0. The van der Waals surface area contributed by atoms with Crippen molar-refractivity contribution in [1.29, 1.82) is 0 Å². The molecule has 1 aromatic rings. The number of aliphatic carboxylic acids is 1. The Bertz CT molecular complexity index is 928. The minimum absolute atomic E-state index is 0.0275. The van der Waals surface area contributed by atoms with Gasteiger partial charge in [0.2, 0.25) is 0 Å². The van der Waals surface area contributed by atoms with Gasteiger partial charge in [0, 0.05) is 30.5 Å². The maximum absolute atomic E-state index is 13.0. The highest BCUT2D eigenvalue weighted by molar-refractivity contribution is 6.05. The molecule has 0 heterocycles. The predicted molar refractivity (Wildman–Crippen MR) is 137 cm³/mol. The average Bonchev–Trinajstić information content (AvgIpc) is 2.79. The Kier molecular flexibility index (Phi) is 13.2. The van der Waals surface area contributed by atoms with Crippen LogP contribution >= 0.6 is 0 Å². The van der Waals surface area contributed by atoms with Crippen LogP contribution in [0.15, 0.2) is 52.1 Å². The third-order valence-corrected chi connectivity index (χ3v) is 5.44. The van der Waals surface area contributed by atoms with Crippen LogP contribution in [0, 0.1) is 0 Å². The highest BCUT2D eigenvalue weighted by Gasteiger charge is 2.17. The second-order valence-corrected chi connectivity index (χ2v) is 8.33. The molecular weight excluding hydrogens is 430 g/mol. The molecular formula is C27H39N3O4. The fraction of sp³-hybridized carbons (Fsp3) is 0.481. The maximum atomic E-state index is 13.0. The van der Waals surface area contributed by atoms with Crippen LogP contribution in [0.5, 0.6) is 0 Å². The van der Waals surface area contributed by atoms with Gasteiger partial charge in [0.25, 0.3) is 11.8 Å². The van der Waals surface area contributed by atoms with E-state index in [0.717, 1.165) is 36.0 Å². The molecule has 0 saturated heterocycles. The minimum atomic E-state index is -0.875. The summed E-state index contributed by atoms with van der Waals surface area (Å²) in [7, 11) is 0.